The van der Waals surface area contributed by atoms with Crippen LogP contribution in [0.25, 0.3) is 0 Å². The van der Waals surface area contributed by atoms with Gasteiger partial charge in [0.25, 0.3) is 10.1 Å². The average molecular weight is 410 g/mol. The van der Waals surface area contributed by atoms with Gasteiger partial charge in [0.05, 0.1) is 16.9 Å². The van der Waals surface area contributed by atoms with Crippen LogP contribution < -0.4 is 10.9 Å². The third kappa shape index (κ3) is 6.60. The fourth-order valence-corrected chi connectivity index (χ4v) is 2.83. The monoisotopic (exact) mass is 410 g/mol. The van der Waals surface area contributed by atoms with Gasteiger partial charge in [-0.15, -0.1) is 0 Å². The van der Waals surface area contributed by atoms with Crippen LogP contribution in [0.2, 0.25) is 0 Å². The molecule has 0 bridgehead atoms. The molecule has 0 atom stereocenters. The lowest BCUT2D eigenvalue weighted by atomic mass is 10.2. The van der Waals surface area contributed by atoms with E-state index in [4.69, 9.17) is 4.55 Å². The van der Waals surface area contributed by atoms with E-state index in [1.165, 1.54) is 0 Å². The van der Waals surface area contributed by atoms with Crippen LogP contribution in [-0.2, 0) is 16.3 Å². The number of nitrogens with one attached hydrogen (secondary N) is 2. The largest absolute Gasteiger partial charge is 0.417 e. The fraction of sp³-hybridized carbons (Fsp3) is 0.0526. The van der Waals surface area contributed by atoms with E-state index in [1.54, 1.807) is 0 Å². The molecule has 0 saturated carbocycles. The van der Waals surface area contributed by atoms with E-state index in [0.29, 0.717) is 12.1 Å². The predicted octanol–water partition coefficient (Wildman–Crippen LogP) is 5.08. The minimum Gasteiger partial charge on any atom is -0.301 e. The van der Waals surface area contributed by atoms with Gasteiger partial charge in [-0.05, 0) is 36.4 Å². The molecular weight excluding hydrogens is 393 g/mol. The molecule has 3 N–H and O–H groups in total. The number of para-hydroxylation sites is 2. The Morgan fingerprint density at radius 2 is 1.07 bits per heavy atom. The van der Waals surface area contributed by atoms with Crippen LogP contribution in [0.4, 0.5) is 24.5 Å². The zero-order valence-corrected chi connectivity index (χ0v) is 15.2. The molecule has 0 heterocycles. The first kappa shape index (κ1) is 21.3. The number of benzene rings is 3. The van der Waals surface area contributed by atoms with Gasteiger partial charge in [-0.25, -0.2) is 0 Å². The van der Waals surface area contributed by atoms with Crippen molar-refractivity contribution in [1.29, 1.82) is 0 Å². The van der Waals surface area contributed by atoms with Crippen molar-refractivity contribution >= 4 is 21.5 Å². The molecule has 3 aromatic carbocycles. The maximum atomic E-state index is 12.2. The maximum absolute atomic E-state index is 12.2. The van der Waals surface area contributed by atoms with E-state index < -0.39 is 26.8 Å². The third-order valence-electron chi connectivity index (χ3n) is 3.37. The van der Waals surface area contributed by atoms with Crippen molar-refractivity contribution < 1.29 is 26.1 Å². The lowest BCUT2D eigenvalue weighted by molar-refractivity contribution is -0.140. The molecule has 28 heavy (non-hydrogen) atoms. The van der Waals surface area contributed by atoms with Gasteiger partial charge in [-0.1, -0.05) is 48.5 Å². The van der Waals surface area contributed by atoms with Crippen LogP contribution in [0.15, 0.2) is 89.8 Å². The number of rotatable bonds is 4. The topological polar surface area (TPSA) is 78.4 Å². The summed E-state index contributed by atoms with van der Waals surface area (Å²) in [5.74, 6) is 0. The van der Waals surface area contributed by atoms with Gasteiger partial charge in [0, 0.05) is 0 Å². The molecule has 0 aliphatic heterocycles. The Morgan fingerprint density at radius 3 is 1.43 bits per heavy atom. The molecule has 0 fully saturated rings. The molecule has 148 valence electrons. The highest BCUT2D eigenvalue weighted by Crippen LogP contribution is 2.33. The number of anilines is 2. The molecule has 0 aromatic heterocycles. The van der Waals surface area contributed by atoms with Crippen molar-refractivity contribution in [2.75, 3.05) is 10.9 Å². The van der Waals surface area contributed by atoms with Gasteiger partial charge in [-0.3, -0.25) is 4.55 Å². The predicted molar refractivity (Wildman–Crippen MR) is 101 cm³/mol. The Morgan fingerprint density at radius 1 is 0.679 bits per heavy atom. The number of hydrazine groups is 1. The van der Waals surface area contributed by atoms with Crippen molar-refractivity contribution in [3.05, 3.63) is 90.5 Å². The smallest absolute Gasteiger partial charge is 0.301 e. The zero-order chi connectivity index (χ0) is 20.6. The third-order valence-corrected chi connectivity index (χ3v) is 4.28. The van der Waals surface area contributed by atoms with Gasteiger partial charge < -0.3 is 10.9 Å². The van der Waals surface area contributed by atoms with Crippen molar-refractivity contribution in [3.8, 4) is 0 Å². The summed E-state index contributed by atoms with van der Waals surface area (Å²) in [5, 5.41) is 0. The lowest BCUT2D eigenvalue weighted by Crippen LogP contribution is -2.12. The summed E-state index contributed by atoms with van der Waals surface area (Å²) < 4.78 is 66.2. The molecular formula is C19H17F3N2O3S. The quantitative estimate of drug-likeness (QED) is 0.413. The average Bonchev–Trinajstić information content (AvgIpc) is 2.67. The molecule has 3 rings (SSSR count). The van der Waals surface area contributed by atoms with Crippen LogP contribution in [0.1, 0.15) is 5.56 Å². The van der Waals surface area contributed by atoms with Crippen molar-refractivity contribution in [2.45, 2.75) is 11.1 Å². The van der Waals surface area contributed by atoms with Crippen LogP contribution in [0.5, 0.6) is 0 Å². The van der Waals surface area contributed by atoms with Crippen LogP contribution in [-0.4, -0.2) is 13.0 Å². The molecule has 0 aliphatic rings. The second-order valence-electron chi connectivity index (χ2n) is 5.45. The minimum absolute atomic E-state index is 0.586. The highest BCUT2D eigenvalue weighted by atomic mass is 32.2. The summed E-state index contributed by atoms with van der Waals surface area (Å²) >= 11 is 0. The number of hydrogen-bond acceptors (Lipinski definition) is 4. The molecule has 0 amide bonds. The standard InChI is InChI=1S/C12H12N2.C7H5F3O3S/c1-3-7-11(8-4-1)13-14-12-9-5-2-6-10-12;8-7(9,10)5-3-1-2-4-6(5)14(11,12)13/h1-10,13-14H;1-4H,(H,11,12,13). The summed E-state index contributed by atoms with van der Waals surface area (Å²) in [4.78, 5) is -1.13. The molecule has 3 aromatic rings. The van der Waals surface area contributed by atoms with Gasteiger partial charge >= 0.3 is 6.18 Å². The lowest BCUT2D eigenvalue weighted by Gasteiger charge is -2.09. The zero-order valence-electron chi connectivity index (χ0n) is 14.4. The Labute approximate surface area is 160 Å². The normalized spacial score (nSPS) is 11.1. The summed E-state index contributed by atoms with van der Waals surface area (Å²) in [5.41, 5.74) is 6.95. The van der Waals surface area contributed by atoms with E-state index in [1.807, 2.05) is 60.7 Å². The summed E-state index contributed by atoms with van der Waals surface area (Å²) in [6.07, 6.45) is -4.80. The van der Waals surface area contributed by atoms with Crippen LogP contribution in [0, 0.1) is 0 Å². The second-order valence-corrected chi connectivity index (χ2v) is 6.84. The molecule has 9 heteroatoms. The van der Waals surface area contributed by atoms with Crippen LogP contribution >= 0.6 is 0 Å². The highest BCUT2D eigenvalue weighted by Gasteiger charge is 2.36. The van der Waals surface area contributed by atoms with Gasteiger partial charge in [0.1, 0.15) is 4.90 Å². The SMILES string of the molecule is O=S(=O)(O)c1ccccc1C(F)(F)F.c1ccc(NNc2ccccc2)cc1. The molecule has 0 spiro atoms. The molecule has 5 nitrogen and oxygen atoms in total. The van der Waals surface area contributed by atoms with E-state index >= 15 is 0 Å². The van der Waals surface area contributed by atoms with E-state index in [9.17, 15) is 21.6 Å². The maximum Gasteiger partial charge on any atom is 0.417 e. The number of hydrogen-bond donors (Lipinski definition) is 3. The molecule has 0 radical (unpaired) electrons. The Kier molecular flexibility index (Phi) is 7.02. The van der Waals surface area contributed by atoms with Gasteiger partial charge in [0.2, 0.25) is 0 Å². The summed E-state index contributed by atoms with van der Waals surface area (Å²) in [6.45, 7) is 0. The van der Waals surface area contributed by atoms with Gasteiger partial charge in [0.15, 0.2) is 0 Å². The van der Waals surface area contributed by atoms with Crippen molar-refractivity contribution in [1.82, 2.24) is 0 Å². The minimum atomic E-state index is -4.84. The van der Waals surface area contributed by atoms with Crippen LogP contribution in [0.3, 0.4) is 0 Å². The Balaban J connectivity index is 0.000000200. The number of alkyl halides is 3. The Hall–Kier alpha value is -3.04. The molecule has 0 saturated heterocycles. The number of halogens is 3. The second kappa shape index (κ2) is 9.25. The summed E-state index contributed by atoms with van der Waals surface area (Å²) in [6, 6.07) is 23.4. The molecule has 0 unspecified atom stereocenters. The van der Waals surface area contributed by atoms with E-state index in [2.05, 4.69) is 10.9 Å². The first-order valence-electron chi connectivity index (χ1n) is 7.94. The Bertz CT molecular complexity index is 941. The van der Waals surface area contributed by atoms with E-state index in [-0.39, 0.29) is 0 Å². The molecule has 0 aliphatic carbocycles. The fourth-order valence-electron chi connectivity index (χ4n) is 2.11. The highest BCUT2D eigenvalue weighted by molar-refractivity contribution is 7.85. The van der Waals surface area contributed by atoms with Gasteiger partial charge in [-0.2, -0.15) is 21.6 Å². The first-order valence-corrected chi connectivity index (χ1v) is 9.38. The summed E-state index contributed by atoms with van der Waals surface area (Å²) in [7, 11) is -4.84. The van der Waals surface area contributed by atoms with E-state index in [0.717, 1.165) is 23.5 Å². The first-order chi connectivity index (χ1) is 13.2. The van der Waals surface area contributed by atoms with Crippen molar-refractivity contribution in [3.63, 3.8) is 0 Å². The van der Waals surface area contributed by atoms with Crippen molar-refractivity contribution in [2.24, 2.45) is 0 Å².